The molecule has 1 aromatic heterocycles. The van der Waals surface area contributed by atoms with E-state index < -0.39 is 0 Å². The highest BCUT2D eigenvalue weighted by Gasteiger charge is 2.06. The van der Waals surface area contributed by atoms with Crippen LogP contribution in [-0.4, -0.2) is 25.1 Å². The molecule has 1 heterocycles. The Morgan fingerprint density at radius 2 is 2.07 bits per heavy atom. The van der Waals surface area contributed by atoms with Crippen LogP contribution in [-0.2, 0) is 6.54 Å². The van der Waals surface area contributed by atoms with Gasteiger partial charge in [0, 0.05) is 37.8 Å². The van der Waals surface area contributed by atoms with Crippen LogP contribution in [0.15, 0.2) is 6.20 Å². The van der Waals surface area contributed by atoms with Gasteiger partial charge in [-0.25, -0.2) is 4.98 Å². The van der Waals surface area contributed by atoms with Gasteiger partial charge in [0.15, 0.2) is 5.13 Å². The minimum absolute atomic E-state index is 0.634. The summed E-state index contributed by atoms with van der Waals surface area (Å²) < 4.78 is 0. The molecule has 0 radical (unpaired) electrons. The molecule has 3 nitrogen and oxygen atoms in total. The normalized spacial score (nSPS) is 11.0. The first-order valence-electron chi connectivity index (χ1n) is 5.52. The summed E-state index contributed by atoms with van der Waals surface area (Å²) in [5, 5.41) is 4.62. The van der Waals surface area contributed by atoms with Crippen LogP contribution in [0, 0.1) is 0 Å². The predicted octanol–water partition coefficient (Wildman–Crippen LogP) is 2.49. The number of hydrogen-bond donors (Lipinski definition) is 1. The smallest absolute Gasteiger partial charge is 0.185 e. The molecule has 0 aromatic carbocycles. The van der Waals surface area contributed by atoms with E-state index in [0.717, 1.165) is 11.7 Å². The third-order valence-electron chi connectivity index (χ3n) is 2.47. The van der Waals surface area contributed by atoms with Crippen LogP contribution in [0.4, 0.5) is 5.13 Å². The first-order chi connectivity index (χ1) is 7.17. The molecule has 0 aliphatic carbocycles. The quantitative estimate of drug-likeness (QED) is 0.809. The molecule has 15 heavy (non-hydrogen) atoms. The first kappa shape index (κ1) is 12.5. The van der Waals surface area contributed by atoms with E-state index in [2.05, 4.69) is 24.1 Å². The molecule has 4 heteroatoms. The van der Waals surface area contributed by atoms with Crippen LogP contribution in [0.2, 0.25) is 0 Å². The summed E-state index contributed by atoms with van der Waals surface area (Å²) in [4.78, 5) is 7.71. The summed E-state index contributed by atoms with van der Waals surface area (Å²) >= 11 is 1.76. The van der Waals surface area contributed by atoms with E-state index in [4.69, 9.17) is 0 Å². The number of nitrogens with zero attached hydrogens (tertiary/aromatic N) is 2. The summed E-state index contributed by atoms with van der Waals surface area (Å²) in [6, 6.07) is 0.634. The zero-order valence-corrected chi connectivity index (χ0v) is 10.9. The fourth-order valence-electron chi connectivity index (χ4n) is 1.41. The molecular weight excluding hydrogens is 206 g/mol. The Hall–Kier alpha value is -0.610. The standard InChI is InChI=1S/C11H21N3S/c1-5-9(6-2)12-7-10-8-13-11(15-10)14(3)4/h8-9,12H,5-7H2,1-4H3. The van der Waals surface area contributed by atoms with E-state index in [9.17, 15) is 0 Å². The zero-order valence-electron chi connectivity index (χ0n) is 10.1. The van der Waals surface area contributed by atoms with Gasteiger partial charge in [-0.1, -0.05) is 13.8 Å². The Labute approximate surface area is 96.5 Å². The van der Waals surface area contributed by atoms with E-state index in [1.54, 1.807) is 11.3 Å². The fraction of sp³-hybridized carbons (Fsp3) is 0.727. The van der Waals surface area contributed by atoms with Gasteiger partial charge in [0.1, 0.15) is 0 Å². The van der Waals surface area contributed by atoms with Crippen LogP contribution < -0.4 is 10.2 Å². The summed E-state index contributed by atoms with van der Waals surface area (Å²) in [5.74, 6) is 0. The van der Waals surface area contributed by atoms with E-state index >= 15 is 0 Å². The molecule has 0 aliphatic rings. The molecule has 1 aromatic rings. The van der Waals surface area contributed by atoms with E-state index in [0.29, 0.717) is 6.04 Å². The van der Waals surface area contributed by atoms with Crippen molar-refractivity contribution in [2.24, 2.45) is 0 Å². The molecule has 1 rings (SSSR count). The summed E-state index contributed by atoms with van der Waals surface area (Å²) in [5.41, 5.74) is 0. The van der Waals surface area contributed by atoms with Gasteiger partial charge in [-0.2, -0.15) is 0 Å². The Morgan fingerprint density at radius 1 is 1.40 bits per heavy atom. The Morgan fingerprint density at radius 3 is 2.53 bits per heavy atom. The number of nitrogens with one attached hydrogen (secondary N) is 1. The minimum Gasteiger partial charge on any atom is -0.354 e. The van der Waals surface area contributed by atoms with Crippen LogP contribution >= 0.6 is 11.3 Å². The van der Waals surface area contributed by atoms with Gasteiger partial charge in [-0.05, 0) is 12.8 Å². The number of aromatic nitrogens is 1. The van der Waals surface area contributed by atoms with Crippen molar-refractivity contribution in [2.75, 3.05) is 19.0 Å². The molecule has 0 saturated heterocycles. The van der Waals surface area contributed by atoms with Crippen molar-refractivity contribution in [2.45, 2.75) is 39.3 Å². The largest absolute Gasteiger partial charge is 0.354 e. The third kappa shape index (κ3) is 3.80. The number of hydrogen-bond acceptors (Lipinski definition) is 4. The van der Waals surface area contributed by atoms with Gasteiger partial charge in [0.25, 0.3) is 0 Å². The lowest BCUT2D eigenvalue weighted by Crippen LogP contribution is -2.26. The average molecular weight is 227 g/mol. The molecule has 0 aliphatic heterocycles. The second kappa shape index (κ2) is 6.08. The third-order valence-corrected chi connectivity index (χ3v) is 3.64. The molecule has 0 saturated carbocycles. The summed E-state index contributed by atoms with van der Waals surface area (Å²) in [6.07, 6.45) is 4.35. The number of anilines is 1. The number of thiazole rings is 1. The molecule has 86 valence electrons. The second-order valence-electron chi connectivity index (χ2n) is 3.90. The lowest BCUT2D eigenvalue weighted by atomic mass is 10.2. The van der Waals surface area contributed by atoms with E-state index in [-0.39, 0.29) is 0 Å². The lowest BCUT2D eigenvalue weighted by Gasteiger charge is -2.13. The zero-order chi connectivity index (χ0) is 11.3. The first-order valence-corrected chi connectivity index (χ1v) is 6.34. The summed E-state index contributed by atoms with van der Waals surface area (Å²) in [7, 11) is 4.05. The van der Waals surface area contributed by atoms with Gasteiger partial charge in [-0.3, -0.25) is 0 Å². The molecule has 1 N–H and O–H groups in total. The fourth-order valence-corrected chi connectivity index (χ4v) is 2.19. The Kier molecular flexibility index (Phi) is 5.05. The Balaban J connectivity index is 2.43. The SMILES string of the molecule is CCC(CC)NCc1cnc(N(C)C)s1. The van der Waals surface area contributed by atoms with Crippen LogP contribution in [0.25, 0.3) is 0 Å². The van der Waals surface area contributed by atoms with Crippen molar-refractivity contribution in [3.63, 3.8) is 0 Å². The summed E-state index contributed by atoms with van der Waals surface area (Å²) in [6.45, 7) is 5.38. The van der Waals surface area contributed by atoms with Crippen molar-refractivity contribution >= 4 is 16.5 Å². The molecule has 0 fully saturated rings. The topological polar surface area (TPSA) is 28.2 Å². The van der Waals surface area contributed by atoms with Gasteiger partial charge in [0.2, 0.25) is 0 Å². The van der Waals surface area contributed by atoms with Crippen molar-refractivity contribution in [1.82, 2.24) is 10.3 Å². The number of rotatable bonds is 6. The van der Waals surface area contributed by atoms with Crippen molar-refractivity contribution in [1.29, 1.82) is 0 Å². The van der Waals surface area contributed by atoms with Crippen LogP contribution in [0.1, 0.15) is 31.6 Å². The monoisotopic (exact) mass is 227 g/mol. The van der Waals surface area contributed by atoms with Crippen molar-refractivity contribution in [3.05, 3.63) is 11.1 Å². The molecule has 0 atom stereocenters. The molecule has 0 bridgehead atoms. The van der Waals surface area contributed by atoms with Gasteiger partial charge in [0.05, 0.1) is 0 Å². The highest BCUT2D eigenvalue weighted by molar-refractivity contribution is 7.15. The highest BCUT2D eigenvalue weighted by atomic mass is 32.1. The second-order valence-corrected chi connectivity index (χ2v) is 4.99. The van der Waals surface area contributed by atoms with Crippen molar-refractivity contribution < 1.29 is 0 Å². The maximum absolute atomic E-state index is 4.35. The molecule has 0 amide bonds. The Bertz CT molecular complexity index is 279. The molecule has 0 unspecified atom stereocenters. The lowest BCUT2D eigenvalue weighted by molar-refractivity contribution is 0.486. The van der Waals surface area contributed by atoms with E-state index in [1.807, 2.05) is 25.2 Å². The van der Waals surface area contributed by atoms with Crippen molar-refractivity contribution in [3.8, 4) is 0 Å². The maximum atomic E-state index is 4.35. The van der Waals surface area contributed by atoms with Gasteiger partial charge < -0.3 is 10.2 Å². The average Bonchev–Trinajstić information content (AvgIpc) is 2.68. The van der Waals surface area contributed by atoms with Gasteiger partial charge >= 0.3 is 0 Å². The predicted molar refractivity (Wildman–Crippen MR) is 67.7 cm³/mol. The molecular formula is C11H21N3S. The maximum Gasteiger partial charge on any atom is 0.185 e. The van der Waals surface area contributed by atoms with E-state index in [1.165, 1.54) is 17.7 Å². The van der Waals surface area contributed by atoms with Crippen LogP contribution in [0.5, 0.6) is 0 Å². The molecule has 0 spiro atoms. The highest BCUT2D eigenvalue weighted by Crippen LogP contribution is 2.20. The minimum atomic E-state index is 0.634. The van der Waals surface area contributed by atoms with Gasteiger partial charge in [-0.15, -0.1) is 11.3 Å². The van der Waals surface area contributed by atoms with Crippen LogP contribution in [0.3, 0.4) is 0 Å².